The predicted octanol–water partition coefficient (Wildman–Crippen LogP) is 2.00. The molecule has 4 aromatic rings. The van der Waals surface area contributed by atoms with Gasteiger partial charge in [0.2, 0.25) is 5.91 Å². The van der Waals surface area contributed by atoms with Crippen LogP contribution in [-0.4, -0.2) is 40.9 Å². The number of carbonyl (C=O) groups is 1. The van der Waals surface area contributed by atoms with Gasteiger partial charge < -0.3 is 5.73 Å². The molecule has 0 aromatic carbocycles. The molecule has 0 saturated carbocycles. The molecule has 4 heterocycles. The summed E-state index contributed by atoms with van der Waals surface area (Å²) in [6.45, 7) is 4.18. The standard InChI is InChI=1S/C16H17N7OS2/c1-7-3-4-10-9(5-7)12-13-18-8(2)21-23(13)15-19-20-16(25-6-11(17)24)22(15)14(12)26-10/h7H,3-6H2,1-2H3,(H2,17,24). The van der Waals surface area contributed by atoms with Gasteiger partial charge in [-0.15, -0.1) is 26.6 Å². The Morgan fingerprint density at radius 3 is 3.08 bits per heavy atom. The van der Waals surface area contributed by atoms with Crippen LogP contribution < -0.4 is 5.73 Å². The molecule has 4 aromatic heterocycles. The molecule has 1 unspecified atom stereocenters. The third kappa shape index (κ3) is 2.25. The minimum absolute atomic E-state index is 0.166. The minimum Gasteiger partial charge on any atom is -0.369 e. The lowest BCUT2D eigenvalue weighted by atomic mass is 9.89. The average Bonchev–Trinajstić information content (AvgIpc) is 3.26. The number of nitrogens with two attached hydrogens (primary N) is 1. The molecule has 0 fully saturated rings. The minimum atomic E-state index is -0.375. The molecule has 1 amide bonds. The van der Waals surface area contributed by atoms with E-state index in [0.717, 1.165) is 28.7 Å². The fraction of sp³-hybridized carbons (Fsp3) is 0.438. The van der Waals surface area contributed by atoms with E-state index in [9.17, 15) is 4.79 Å². The smallest absolute Gasteiger partial charge is 0.260 e. The first-order chi connectivity index (χ1) is 12.5. The Hall–Kier alpha value is -2.20. The Bertz CT molecular complexity index is 1190. The van der Waals surface area contributed by atoms with Crippen molar-refractivity contribution in [1.29, 1.82) is 0 Å². The monoisotopic (exact) mass is 387 g/mol. The first-order valence-electron chi connectivity index (χ1n) is 8.48. The highest BCUT2D eigenvalue weighted by molar-refractivity contribution is 7.99. The van der Waals surface area contributed by atoms with Crippen molar-refractivity contribution in [3.63, 3.8) is 0 Å². The molecule has 0 bridgehead atoms. The van der Waals surface area contributed by atoms with Crippen LogP contribution in [0.5, 0.6) is 0 Å². The highest BCUT2D eigenvalue weighted by atomic mass is 32.2. The number of amides is 1. The number of primary amides is 1. The second-order valence-electron chi connectivity index (χ2n) is 6.80. The molecular weight excluding hydrogens is 370 g/mol. The molecule has 2 N–H and O–H groups in total. The van der Waals surface area contributed by atoms with E-state index in [0.29, 0.717) is 22.7 Å². The summed E-state index contributed by atoms with van der Waals surface area (Å²) in [5.74, 6) is 1.77. The maximum atomic E-state index is 11.2. The Labute approximate surface area is 156 Å². The highest BCUT2D eigenvalue weighted by Gasteiger charge is 2.27. The van der Waals surface area contributed by atoms with E-state index >= 15 is 0 Å². The summed E-state index contributed by atoms with van der Waals surface area (Å²) in [5.41, 5.74) is 7.53. The molecule has 0 radical (unpaired) electrons. The maximum Gasteiger partial charge on any atom is 0.260 e. The molecule has 8 nitrogen and oxygen atoms in total. The van der Waals surface area contributed by atoms with E-state index in [1.807, 2.05) is 11.3 Å². The Balaban J connectivity index is 1.89. The van der Waals surface area contributed by atoms with Crippen molar-refractivity contribution >= 4 is 50.6 Å². The van der Waals surface area contributed by atoms with Gasteiger partial charge in [-0.05, 0) is 37.7 Å². The van der Waals surface area contributed by atoms with Gasteiger partial charge in [-0.1, -0.05) is 18.7 Å². The molecule has 1 aliphatic carbocycles. The van der Waals surface area contributed by atoms with Crippen molar-refractivity contribution in [2.75, 3.05) is 5.75 Å². The Morgan fingerprint density at radius 2 is 2.27 bits per heavy atom. The largest absolute Gasteiger partial charge is 0.369 e. The number of carbonyl (C=O) groups excluding carboxylic acids is 1. The molecule has 1 atom stereocenters. The lowest BCUT2D eigenvalue weighted by Gasteiger charge is -2.17. The molecule has 1 aliphatic rings. The zero-order valence-corrected chi connectivity index (χ0v) is 16.0. The van der Waals surface area contributed by atoms with E-state index in [4.69, 9.17) is 5.73 Å². The van der Waals surface area contributed by atoms with Crippen LogP contribution in [0.4, 0.5) is 0 Å². The van der Waals surface area contributed by atoms with Gasteiger partial charge in [0.15, 0.2) is 10.8 Å². The van der Waals surface area contributed by atoms with Crippen molar-refractivity contribution in [2.45, 2.75) is 38.3 Å². The SMILES string of the molecule is Cc1nc2c3c4c(sc3n3c(SCC(N)=O)nnc3n2n1)CCC(C)C4. The summed E-state index contributed by atoms with van der Waals surface area (Å²) < 4.78 is 3.77. The molecular formula is C16H17N7OS2. The summed E-state index contributed by atoms with van der Waals surface area (Å²) in [6, 6.07) is 0. The normalized spacial score (nSPS) is 17.4. The van der Waals surface area contributed by atoms with Gasteiger partial charge in [0, 0.05) is 4.88 Å². The van der Waals surface area contributed by atoms with E-state index in [1.54, 1.807) is 15.9 Å². The number of hydrogen-bond acceptors (Lipinski definition) is 7. The molecule has 5 rings (SSSR count). The second-order valence-corrected chi connectivity index (χ2v) is 8.83. The summed E-state index contributed by atoms with van der Waals surface area (Å²) >= 11 is 3.08. The average molecular weight is 387 g/mol. The first-order valence-corrected chi connectivity index (χ1v) is 10.3. The lowest BCUT2D eigenvalue weighted by Crippen LogP contribution is -2.13. The number of thiophene rings is 1. The van der Waals surface area contributed by atoms with E-state index in [-0.39, 0.29) is 11.7 Å². The molecule has 10 heteroatoms. The summed E-state index contributed by atoms with van der Waals surface area (Å²) in [5, 5.41) is 14.9. The molecule has 0 spiro atoms. The van der Waals surface area contributed by atoms with Crippen molar-refractivity contribution < 1.29 is 4.79 Å². The number of aromatic nitrogens is 6. The molecule has 26 heavy (non-hydrogen) atoms. The fourth-order valence-electron chi connectivity index (χ4n) is 3.65. The quantitative estimate of drug-likeness (QED) is 0.539. The highest BCUT2D eigenvalue weighted by Crippen LogP contribution is 2.40. The number of aryl methyl sites for hydroxylation is 2. The van der Waals surface area contributed by atoms with Gasteiger partial charge in [0.05, 0.1) is 11.1 Å². The van der Waals surface area contributed by atoms with Crippen LogP contribution in [0.1, 0.15) is 29.6 Å². The van der Waals surface area contributed by atoms with Crippen LogP contribution in [0.3, 0.4) is 0 Å². The van der Waals surface area contributed by atoms with E-state index < -0.39 is 0 Å². The van der Waals surface area contributed by atoms with Crippen molar-refractivity contribution in [3.8, 4) is 0 Å². The molecule has 0 aliphatic heterocycles. The number of nitrogens with zero attached hydrogens (tertiary/aromatic N) is 6. The van der Waals surface area contributed by atoms with Crippen molar-refractivity contribution in [2.24, 2.45) is 11.7 Å². The Kier molecular flexibility index (Phi) is 3.48. The van der Waals surface area contributed by atoms with Crippen LogP contribution >= 0.6 is 23.1 Å². The third-order valence-electron chi connectivity index (χ3n) is 4.78. The van der Waals surface area contributed by atoms with Crippen LogP contribution in [0.2, 0.25) is 0 Å². The van der Waals surface area contributed by atoms with Crippen LogP contribution in [-0.2, 0) is 17.6 Å². The molecule has 134 valence electrons. The second kappa shape index (κ2) is 5.65. The maximum absolute atomic E-state index is 11.2. The summed E-state index contributed by atoms with van der Waals surface area (Å²) in [6.07, 6.45) is 3.34. The first kappa shape index (κ1) is 16.0. The number of thioether (sulfide) groups is 1. The van der Waals surface area contributed by atoms with Gasteiger partial charge in [-0.2, -0.15) is 4.52 Å². The predicted molar refractivity (Wildman–Crippen MR) is 101 cm³/mol. The van der Waals surface area contributed by atoms with Gasteiger partial charge in [0.25, 0.3) is 5.78 Å². The summed E-state index contributed by atoms with van der Waals surface area (Å²) in [7, 11) is 0. The van der Waals surface area contributed by atoms with Gasteiger partial charge in [-0.25, -0.2) is 9.38 Å². The topological polar surface area (TPSA) is 103 Å². The van der Waals surface area contributed by atoms with Crippen LogP contribution in [0.25, 0.3) is 21.6 Å². The van der Waals surface area contributed by atoms with Crippen molar-refractivity contribution in [3.05, 3.63) is 16.3 Å². The van der Waals surface area contributed by atoms with Crippen molar-refractivity contribution in [1.82, 2.24) is 29.2 Å². The number of hydrogen-bond donors (Lipinski definition) is 1. The fourth-order valence-corrected chi connectivity index (χ4v) is 5.72. The van der Waals surface area contributed by atoms with E-state index in [2.05, 4.69) is 27.2 Å². The molecule has 0 saturated heterocycles. The number of rotatable bonds is 3. The van der Waals surface area contributed by atoms with Crippen LogP contribution in [0.15, 0.2) is 5.16 Å². The zero-order chi connectivity index (χ0) is 18.0. The van der Waals surface area contributed by atoms with Crippen LogP contribution in [0, 0.1) is 12.8 Å². The zero-order valence-electron chi connectivity index (χ0n) is 14.4. The Morgan fingerprint density at radius 1 is 1.42 bits per heavy atom. The van der Waals surface area contributed by atoms with E-state index in [1.165, 1.54) is 28.6 Å². The third-order valence-corrected chi connectivity index (χ3v) is 7.01. The number of fused-ring (bicyclic) bond motifs is 8. The lowest BCUT2D eigenvalue weighted by molar-refractivity contribution is -0.115. The van der Waals surface area contributed by atoms with Gasteiger partial charge in [0.1, 0.15) is 10.7 Å². The summed E-state index contributed by atoms with van der Waals surface area (Å²) in [4.78, 5) is 18.4. The van der Waals surface area contributed by atoms with Gasteiger partial charge >= 0.3 is 0 Å². The van der Waals surface area contributed by atoms with Gasteiger partial charge in [-0.3, -0.25) is 4.79 Å².